The minimum absolute atomic E-state index is 0.0980. The Balaban J connectivity index is 1.81. The lowest BCUT2D eigenvalue weighted by Gasteiger charge is -2.48. The fourth-order valence-corrected chi connectivity index (χ4v) is 5.33. The number of benzene rings is 1. The van der Waals surface area contributed by atoms with Crippen LogP contribution >= 0.6 is 27.7 Å². The molecule has 2 unspecified atom stereocenters. The molecule has 2 nitrogen and oxygen atoms in total. The van der Waals surface area contributed by atoms with Crippen LogP contribution in [-0.2, 0) is 10.3 Å². The van der Waals surface area contributed by atoms with E-state index in [0.29, 0.717) is 5.92 Å². The topological polar surface area (TPSA) is 35.2 Å². The molecule has 2 N–H and O–H groups in total. The molecule has 2 saturated heterocycles. The zero-order valence-corrected chi connectivity index (χ0v) is 15.0. The zero-order chi connectivity index (χ0) is 14.9. The molecule has 1 spiro atoms. The van der Waals surface area contributed by atoms with Gasteiger partial charge < -0.3 is 10.5 Å². The molecular weight excluding hydrogens is 346 g/mol. The van der Waals surface area contributed by atoms with Gasteiger partial charge >= 0.3 is 0 Å². The second-order valence-corrected chi connectivity index (χ2v) is 8.77. The van der Waals surface area contributed by atoms with Crippen LogP contribution in [0.15, 0.2) is 28.7 Å². The van der Waals surface area contributed by atoms with Crippen LogP contribution in [0.3, 0.4) is 0 Å². The number of rotatable bonds is 2. The van der Waals surface area contributed by atoms with Crippen molar-refractivity contribution in [2.24, 2.45) is 11.7 Å². The van der Waals surface area contributed by atoms with Crippen LogP contribution in [-0.4, -0.2) is 23.7 Å². The van der Waals surface area contributed by atoms with Gasteiger partial charge in [-0.25, -0.2) is 0 Å². The zero-order valence-electron chi connectivity index (χ0n) is 12.6. The van der Waals surface area contributed by atoms with Gasteiger partial charge in [0.15, 0.2) is 0 Å². The fourth-order valence-electron chi connectivity index (χ4n) is 3.69. The van der Waals surface area contributed by atoms with E-state index in [0.717, 1.165) is 23.9 Å². The summed E-state index contributed by atoms with van der Waals surface area (Å²) in [5.41, 5.74) is 7.83. The summed E-state index contributed by atoms with van der Waals surface area (Å²) in [6.45, 7) is 3.05. The molecule has 0 bridgehead atoms. The number of halogens is 1. The molecule has 4 heteroatoms. The van der Waals surface area contributed by atoms with Crippen LogP contribution in [0.4, 0.5) is 0 Å². The predicted molar refractivity (Wildman–Crippen MR) is 93.6 cm³/mol. The summed E-state index contributed by atoms with van der Waals surface area (Å²) < 4.78 is 7.32. The largest absolute Gasteiger partial charge is 0.375 e. The molecule has 0 saturated carbocycles. The maximum atomic E-state index is 6.79. The standard InChI is InChI=1S/C17H24BrNOS/c1-16(19,13-3-2-4-15(18)11-13)14-5-8-20-17(12-14)6-9-21-10-7-17/h2-4,11,14H,5-10,12,19H2,1H3. The van der Waals surface area contributed by atoms with E-state index in [-0.39, 0.29) is 11.1 Å². The second-order valence-electron chi connectivity index (χ2n) is 6.63. The van der Waals surface area contributed by atoms with Crippen molar-refractivity contribution < 1.29 is 4.74 Å². The first-order valence-electron chi connectivity index (χ1n) is 7.79. The second kappa shape index (κ2) is 6.23. The number of hydrogen-bond donors (Lipinski definition) is 1. The van der Waals surface area contributed by atoms with E-state index in [1.807, 2.05) is 0 Å². The van der Waals surface area contributed by atoms with Crippen LogP contribution in [0.5, 0.6) is 0 Å². The highest BCUT2D eigenvalue weighted by Gasteiger charge is 2.44. The summed E-state index contributed by atoms with van der Waals surface area (Å²) in [7, 11) is 0. The van der Waals surface area contributed by atoms with Crippen molar-refractivity contribution in [3.8, 4) is 0 Å². The van der Waals surface area contributed by atoms with Gasteiger partial charge in [-0.3, -0.25) is 0 Å². The van der Waals surface area contributed by atoms with E-state index >= 15 is 0 Å². The molecule has 0 aliphatic carbocycles. The molecule has 1 aromatic carbocycles. The van der Waals surface area contributed by atoms with Gasteiger partial charge in [-0.15, -0.1) is 0 Å². The number of thioether (sulfide) groups is 1. The Bertz CT molecular complexity index is 494. The van der Waals surface area contributed by atoms with E-state index in [4.69, 9.17) is 10.5 Å². The Morgan fingerprint density at radius 1 is 1.38 bits per heavy atom. The van der Waals surface area contributed by atoms with E-state index in [1.54, 1.807) is 0 Å². The monoisotopic (exact) mass is 369 g/mol. The molecule has 2 aliphatic heterocycles. The molecule has 0 radical (unpaired) electrons. The molecule has 0 aromatic heterocycles. The third-order valence-corrected chi connectivity index (χ3v) is 6.67. The average molecular weight is 370 g/mol. The van der Waals surface area contributed by atoms with Gasteiger partial charge in [0.2, 0.25) is 0 Å². The summed E-state index contributed by atoms with van der Waals surface area (Å²) in [6.07, 6.45) is 4.53. The van der Waals surface area contributed by atoms with Crippen LogP contribution < -0.4 is 5.73 Å². The quantitative estimate of drug-likeness (QED) is 0.842. The highest BCUT2D eigenvalue weighted by atomic mass is 79.9. The Hall–Kier alpha value is -0.0300. The van der Waals surface area contributed by atoms with Gasteiger partial charge in [-0.05, 0) is 67.7 Å². The Morgan fingerprint density at radius 3 is 2.86 bits per heavy atom. The Kier molecular flexibility index (Phi) is 4.70. The molecule has 2 heterocycles. The number of hydrogen-bond acceptors (Lipinski definition) is 3. The number of nitrogens with two attached hydrogens (primary N) is 1. The molecular formula is C17H24BrNOS. The van der Waals surface area contributed by atoms with Crippen LogP contribution in [0.1, 0.15) is 38.2 Å². The van der Waals surface area contributed by atoms with E-state index in [1.165, 1.54) is 29.9 Å². The minimum atomic E-state index is -0.287. The lowest BCUT2D eigenvalue weighted by atomic mass is 9.70. The number of ether oxygens (including phenoxy) is 1. The van der Waals surface area contributed by atoms with Crippen LogP contribution in [0.25, 0.3) is 0 Å². The summed E-state index contributed by atoms with van der Waals surface area (Å²) in [5.74, 6) is 2.94. The van der Waals surface area contributed by atoms with Gasteiger partial charge in [0.25, 0.3) is 0 Å². The first-order valence-corrected chi connectivity index (χ1v) is 9.73. The van der Waals surface area contributed by atoms with Crippen molar-refractivity contribution in [1.82, 2.24) is 0 Å². The predicted octanol–water partition coefficient (Wildman–Crippen LogP) is 4.32. The summed E-state index contributed by atoms with van der Waals surface area (Å²) >= 11 is 5.62. The van der Waals surface area contributed by atoms with Gasteiger partial charge in [-0.1, -0.05) is 28.1 Å². The van der Waals surface area contributed by atoms with Crippen LogP contribution in [0.2, 0.25) is 0 Å². The lowest BCUT2D eigenvalue weighted by molar-refractivity contribution is -0.113. The lowest BCUT2D eigenvalue weighted by Crippen LogP contribution is -2.51. The Labute approximate surface area is 140 Å². The third-order valence-electron chi connectivity index (χ3n) is 5.19. The highest BCUT2D eigenvalue weighted by Crippen LogP contribution is 2.45. The van der Waals surface area contributed by atoms with Gasteiger partial charge in [0.1, 0.15) is 0 Å². The normalized spacial score (nSPS) is 28.2. The van der Waals surface area contributed by atoms with E-state index < -0.39 is 0 Å². The third kappa shape index (κ3) is 3.34. The van der Waals surface area contributed by atoms with Crippen molar-refractivity contribution >= 4 is 27.7 Å². The first-order chi connectivity index (χ1) is 10.0. The van der Waals surface area contributed by atoms with Crippen molar-refractivity contribution in [1.29, 1.82) is 0 Å². The van der Waals surface area contributed by atoms with Crippen LogP contribution in [0, 0.1) is 5.92 Å². The molecule has 2 atom stereocenters. The molecule has 3 rings (SSSR count). The molecule has 0 amide bonds. The summed E-state index contributed by atoms with van der Waals surface area (Å²) in [4.78, 5) is 0. The molecule has 2 fully saturated rings. The van der Waals surface area contributed by atoms with Crippen molar-refractivity contribution in [2.45, 2.75) is 43.7 Å². The van der Waals surface area contributed by atoms with Crippen molar-refractivity contribution in [3.63, 3.8) is 0 Å². The van der Waals surface area contributed by atoms with Gasteiger partial charge in [0.05, 0.1) is 5.60 Å². The maximum Gasteiger partial charge on any atom is 0.0701 e. The summed E-state index contributed by atoms with van der Waals surface area (Å²) in [6, 6.07) is 8.46. The van der Waals surface area contributed by atoms with Crippen molar-refractivity contribution in [3.05, 3.63) is 34.3 Å². The summed E-state index contributed by atoms with van der Waals surface area (Å²) in [5, 5.41) is 0. The van der Waals surface area contributed by atoms with E-state index in [2.05, 4.69) is 58.9 Å². The minimum Gasteiger partial charge on any atom is -0.375 e. The van der Waals surface area contributed by atoms with E-state index in [9.17, 15) is 0 Å². The molecule has 21 heavy (non-hydrogen) atoms. The molecule has 2 aliphatic rings. The molecule has 1 aromatic rings. The Morgan fingerprint density at radius 2 is 2.14 bits per heavy atom. The van der Waals surface area contributed by atoms with Gasteiger partial charge in [-0.2, -0.15) is 11.8 Å². The first kappa shape index (κ1) is 15.9. The molecule has 116 valence electrons. The smallest absolute Gasteiger partial charge is 0.0701 e. The highest BCUT2D eigenvalue weighted by molar-refractivity contribution is 9.10. The maximum absolute atomic E-state index is 6.79. The SMILES string of the molecule is CC(N)(c1cccc(Br)c1)C1CCOC2(CCSCC2)C1. The fraction of sp³-hybridized carbons (Fsp3) is 0.647. The van der Waals surface area contributed by atoms with Gasteiger partial charge in [0, 0.05) is 16.6 Å². The average Bonchev–Trinajstić information content (AvgIpc) is 2.48. The van der Waals surface area contributed by atoms with Crippen molar-refractivity contribution in [2.75, 3.05) is 18.1 Å².